The van der Waals surface area contributed by atoms with Crippen molar-refractivity contribution in [2.45, 2.75) is 18.9 Å². The molecule has 0 aliphatic carbocycles. The van der Waals surface area contributed by atoms with Gasteiger partial charge in [0, 0.05) is 17.3 Å². The van der Waals surface area contributed by atoms with Gasteiger partial charge in [0.25, 0.3) is 11.8 Å². The van der Waals surface area contributed by atoms with E-state index in [2.05, 4.69) is 26.1 Å². The number of anilines is 1. The number of H-pyrrole nitrogens is 1. The van der Waals surface area contributed by atoms with Crippen molar-refractivity contribution in [2.24, 2.45) is 0 Å². The molecule has 0 bridgehead atoms. The molecule has 2 heterocycles. The lowest BCUT2D eigenvalue weighted by Crippen LogP contribution is -2.43. The summed E-state index contributed by atoms with van der Waals surface area (Å²) in [5, 5.41) is 15.5. The molecule has 2 amide bonds. The van der Waals surface area contributed by atoms with Crippen molar-refractivity contribution in [1.82, 2.24) is 20.8 Å². The van der Waals surface area contributed by atoms with Gasteiger partial charge in [-0.25, -0.2) is 0 Å². The van der Waals surface area contributed by atoms with E-state index in [0.29, 0.717) is 11.3 Å². The highest BCUT2D eigenvalue weighted by Gasteiger charge is 2.20. The average molecular weight is 321 g/mol. The summed E-state index contributed by atoms with van der Waals surface area (Å²) in [5.41, 5.74) is 1.18. The molecule has 0 unspecified atom stereocenters. The van der Waals surface area contributed by atoms with Crippen molar-refractivity contribution in [3.05, 3.63) is 47.8 Å². The van der Waals surface area contributed by atoms with Crippen LogP contribution in [0.1, 0.15) is 39.4 Å². The molecule has 7 heteroatoms. The summed E-state index contributed by atoms with van der Waals surface area (Å²) in [7, 11) is 0. The number of aromatic amines is 1. The van der Waals surface area contributed by atoms with Crippen LogP contribution in [0, 0.1) is 0 Å². The summed E-state index contributed by atoms with van der Waals surface area (Å²) < 4.78 is 0. The van der Waals surface area contributed by atoms with Gasteiger partial charge in [-0.3, -0.25) is 14.7 Å². The van der Waals surface area contributed by atoms with Crippen molar-refractivity contribution in [2.75, 3.05) is 18.4 Å². The van der Waals surface area contributed by atoms with E-state index in [1.165, 1.54) is 6.20 Å². The normalized spacial score (nSPS) is 15.1. The number of carbonyl (C=O) groups excluding carboxylic acids is 2. The van der Waals surface area contributed by atoms with E-state index in [-0.39, 0.29) is 29.3 Å². The summed E-state index contributed by atoms with van der Waals surface area (Å²) >= 11 is 0. The van der Waals surface area contributed by atoms with Crippen molar-refractivity contribution >= 4 is 17.5 Å². The number of aromatic nitrogens is 2. The monoisotopic (exact) mass is 321 g/mol. The van der Waals surface area contributed by atoms with Crippen LogP contribution in [-0.4, -0.2) is 41.1 Å². The summed E-state index contributed by atoms with van der Waals surface area (Å²) in [6.45, 7) is 1.79. The first-order chi connectivity index (χ1) is 11.2. The van der Waals surface area contributed by atoms with Crippen molar-refractivity contribution in [1.29, 1.82) is 0 Å². The van der Waals surface area contributed by atoms with Crippen LogP contribution in [0.5, 0.6) is 0 Å². The van der Waals surface area contributed by atoms with Gasteiger partial charge in [-0.2, -0.15) is 5.10 Å². The predicted molar refractivity (Wildman–Crippen MR) is 94.8 cm³/mol. The molecule has 3 rings (SSSR count). The van der Waals surface area contributed by atoms with E-state index < -0.39 is 0 Å². The number of nitrogens with zero attached hydrogens (tertiary/aromatic N) is 1. The van der Waals surface area contributed by atoms with Gasteiger partial charge in [-0.05, 0) is 38.1 Å². The van der Waals surface area contributed by atoms with E-state index in [9.17, 15) is 9.59 Å². The number of rotatable bonds is 4. The van der Waals surface area contributed by atoms with Gasteiger partial charge in [0.15, 0.2) is 0 Å². The molecule has 128 valence electrons. The Kier molecular flexibility index (Phi) is 4.68. The number of amides is 2. The topological polar surface area (TPSA) is 98.9 Å². The number of piperidine rings is 1. The molecule has 0 spiro atoms. The SMILES string of the molecule is O=C(Nc1cn[nH]c1C(=O)NC1CCNCC1)c1ccccc1.[HH].[HH].[HH].[HH]. The minimum Gasteiger partial charge on any atom is -0.348 e. The smallest absolute Gasteiger partial charge is 0.271 e. The molecule has 1 fully saturated rings. The second-order valence-corrected chi connectivity index (χ2v) is 5.48. The molecule has 7 nitrogen and oxygen atoms in total. The molecule has 0 radical (unpaired) electrons. The zero-order chi connectivity index (χ0) is 16.1. The third-order valence-corrected chi connectivity index (χ3v) is 3.82. The standard InChI is InChI=1S/C16H19N5O2.4H2/c22-15(11-4-2-1-3-5-11)20-13-10-18-21-14(13)16(23)19-12-6-8-17-9-7-12;;;;/h1-5,10,12,17H,6-9H2,(H,18,21)(H,19,23)(H,20,22);4*1H. The third-order valence-electron chi connectivity index (χ3n) is 3.82. The van der Waals surface area contributed by atoms with Crippen molar-refractivity contribution in [3.8, 4) is 0 Å². The second-order valence-electron chi connectivity index (χ2n) is 5.48. The first-order valence-corrected chi connectivity index (χ1v) is 7.65. The minimum absolute atomic E-state index is 0. The zero-order valence-corrected chi connectivity index (χ0v) is 12.6. The van der Waals surface area contributed by atoms with Gasteiger partial charge in [-0.15, -0.1) is 0 Å². The second kappa shape index (κ2) is 7.06. The molecule has 1 aliphatic rings. The molecule has 0 saturated carbocycles. The molecule has 2 aromatic rings. The number of carbonyl (C=O) groups is 2. The van der Waals surface area contributed by atoms with Gasteiger partial charge in [-0.1, -0.05) is 18.2 Å². The van der Waals surface area contributed by atoms with Gasteiger partial charge in [0.05, 0.1) is 11.9 Å². The first-order valence-electron chi connectivity index (χ1n) is 7.65. The van der Waals surface area contributed by atoms with Crippen LogP contribution in [0.15, 0.2) is 36.5 Å². The van der Waals surface area contributed by atoms with E-state index in [1.807, 2.05) is 6.07 Å². The Morgan fingerprint density at radius 3 is 2.61 bits per heavy atom. The Labute approximate surface area is 139 Å². The lowest BCUT2D eigenvalue weighted by atomic mass is 10.1. The fourth-order valence-electron chi connectivity index (χ4n) is 2.56. The Hall–Kier alpha value is -2.67. The molecule has 1 saturated heterocycles. The molecule has 1 aliphatic heterocycles. The van der Waals surface area contributed by atoms with Crippen molar-refractivity contribution < 1.29 is 15.3 Å². The summed E-state index contributed by atoms with van der Waals surface area (Å²) in [6, 6.07) is 8.98. The Morgan fingerprint density at radius 2 is 1.87 bits per heavy atom. The van der Waals surface area contributed by atoms with Gasteiger partial charge >= 0.3 is 0 Å². The third kappa shape index (κ3) is 3.75. The fraction of sp³-hybridized carbons (Fsp3) is 0.312. The number of hydrogen-bond acceptors (Lipinski definition) is 4. The highest BCUT2D eigenvalue weighted by atomic mass is 16.2. The van der Waals surface area contributed by atoms with Crippen LogP contribution in [0.25, 0.3) is 0 Å². The maximum absolute atomic E-state index is 12.4. The van der Waals surface area contributed by atoms with Crippen LogP contribution in [0.4, 0.5) is 5.69 Å². The molecule has 23 heavy (non-hydrogen) atoms. The van der Waals surface area contributed by atoms with Crippen LogP contribution in [0.3, 0.4) is 0 Å². The van der Waals surface area contributed by atoms with E-state index in [1.54, 1.807) is 24.3 Å². The van der Waals surface area contributed by atoms with E-state index in [0.717, 1.165) is 25.9 Å². The van der Waals surface area contributed by atoms with Gasteiger partial charge < -0.3 is 16.0 Å². The van der Waals surface area contributed by atoms with Crippen LogP contribution < -0.4 is 16.0 Å². The van der Waals surface area contributed by atoms with Crippen molar-refractivity contribution in [3.63, 3.8) is 0 Å². The van der Waals surface area contributed by atoms with Crippen LogP contribution >= 0.6 is 0 Å². The Balaban J connectivity index is 0. The maximum Gasteiger partial charge on any atom is 0.271 e. The fourth-order valence-corrected chi connectivity index (χ4v) is 2.56. The number of nitrogens with one attached hydrogen (secondary N) is 4. The Morgan fingerprint density at radius 1 is 1.13 bits per heavy atom. The van der Waals surface area contributed by atoms with E-state index in [4.69, 9.17) is 0 Å². The minimum atomic E-state index is -0.275. The lowest BCUT2D eigenvalue weighted by Gasteiger charge is -2.23. The summed E-state index contributed by atoms with van der Waals surface area (Å²) in [4.78, 5) is 24.5. The van der Waals surface area contributed by atoms with Gasteiger partial charge in [0.2, 0.25) is 0 Å². The number of benzene rings is 1. The quantitative estimate of drug-likeness (QED) is 0.693. The molecule has 0 atom stereocenters. The van der Waals surface area contributed by atoms with Gasteiger partial charge in [0.1, 0.15) is 5.69 Å². The van der Waals surface area contributed by atoms with Crippen LogP contribution in [-0.2, 0) is 0 Å². The maximum atomic E-state index is 12.4. The molecule has 1 aromatic heterocycles. The highest BCUT2D eigenvalue weighted by Crippen LogP contribution is 2.14. The number of hydrogen-bond donors (Lipinski definition) is 4. The predicted octanol–water partition coefficient (Wildman–Crippen LogP) is 2.13. The molecule has 1 aromatic carbocycles. The molecular weight excluding hydrogens is 294 g/mol. The lowest BCUT2D eigenvalue weighted by molar-refractivity contribution is 0.0925. The average Bonchev–Trinajstić information content (AvgIpc) is 3.05. The highest BCUT2D eigenvalue weighted by molar-refractivity contribution is 6.08. The molecule has 4 N–H and O–H groups in total. The summed E-state index contributed by atoms with van der Waals surface area (Å²) in [6.07, 6.45) is 3.23. The van der Waals surface area contributed by atoms with Crippen LogP contribution in [0.2, 0.25) is 0 Å². The Bertz CT molecular complexity index is 693. The summed E-state index contributed by atoms with van der Waals surface area (Å²) in [5.74, 6) is -0.527. The zero-order valence-electron chi connectivity index (χ0n) is 12.6. The molecular formula is C16H27N5O2. The van der Waals surface area contributed by atoms with E-state index >= 15 is 0 Å². The largest absolute Gasteiger partial charge is 0.348 e. The first kappa shape index (κ1) is 15.2.